The fourth-order valence-corrected chi connectivity index (χ4v) is 5.73. The van der Waals surface area contributed by atoms with E-state index in [0.29, 0.717) is 24.2 Å². The Kier molecular flexibility index (Phi) is 6.08. The molecule has 2 heterocycles. The number of nitrogens with zero attached hydrogens (tertiary/aromatic N) is 3. The van der Waals surface area contributed by atoms with Crippen molar-refractivity contribution in [1.82, 2.24) is 14.5 Å². The van der Waals surface area contributed by atoms with Gasteiger partial charge in [-0.1, -0.05) is 23.7 Å². The highest BCUT2D eigenvalue weighted by Gasteiger charge is 2.26. The number of aromatic nitrogens is 2. The van der Waals surface area contributed by atoms with Gasteiger partial charge in [-0.2, -0.15) is 0 Å². The van der Waals surface area contributed by atoms with E-state index in [0.717, 1.165) is 35.1 Å². The van der Waals surface area contributed by atoms with Crippen molar-refractivity contribution in [2.75, 3.05) is 18.8 Å². The minimum Gasteiger partial charge on any atom is -0.343 e. The Labute approximate surface area is 187 Å². The van der Waals surface area contributed by atoms with E-state index in [1.165, 1.54) is 0 Å². The summed E-state index contributed by atoms with van der Waals surface area (Å²) in [6.07, 6.45) is 3.75. The molecular formula is C23H26ClN3O3S. The lowest BCUT2D eigenvalue weighted by molar-refractivity contribution is -0.132. The monoisotopic (exact) mass is 459 g/mol. The maximum Gasteiger partial charge on any atom is 0.223 e. The van der Waals surface area contributed by atoms with Crippen molar-refractivity contribution in [3.8, 4) is 0 Å². The summed E-state index contributed by atoms with van der Waals surface area (Å²) >= 11 is 5.99. The van der Waals surface area contributed by atoms with E-state index in [9.17, 15) is 13.2 Å². The van der Waals surface area contributed by atoms with E-state index in [1.807, 2.05) is 13.8 Å². The van der Waals surface area contributed by atoms with Gasteiger partial charge in [0.25, 0.3) is 0 Å². The Morgan fingerprint density at radius 2 is 1.77 bits per heavy atom. The van der Waals surface area contributed by atoms with Crippen molar-refractivity contribution < 1.29 is 13.2 Å². The van der Waals surface area contributed by atoms with Crippen LogP contribution in [0.25, 0.3) is 10.8 Å². The molecule has 1 aliphatic rings. The quantitative estimate of drug-likeness (QED) is 0.569. The first-order chi connectivity index (χ1) is 14.7. The number of piperidine rings is 1. The smallest absolute Gasteiger partial charge is 0.223 e. The van der Waals surface area contributed by atoms with Crippen LogP contribution in [0.5, 0.6) is 0 Å². The van der Waals surface area contributed by atoms with E-state index < -0.39 is 9.84 Å². The maximum absolute atomic E-state index is 12.8. The number of aryl methyl sites for hydroxylation is 2. The van der Waals surface area contributed by atoms with E-state index in [1.54, 1.807) is 41.3 Å². The minimum atomic E-state index is -3.55. The third-order valence-corrected chi connectivity index (χ3v) is 7.91. The van der Waals surface area contributed by atoms with Crippen molar-refractivity contribution in [3.05, 3.63) is 59.1 Å². The summed E-state index contributed by atoms with van der Waals surface area (Å²) in [5.41, 5.74) is 0.998. The molecule has 0 bridgehead atoms. The molecular weight excluding hydrogens is 434 g/mol. The second kappa shape index (κ2) is 8.63. The molecule has 6 nitrogen and oxygen atoms in total. The molecule has 2 aromatic carbocycles. The molecule has 0 saturated carbocycles. The van der Waals surface area contributed by atoms with Crippen molar-refractivity contribution in [2.45, 2.75) is 44.0 Å². The highest BCUT2D eigenvalue weighted by molar-refractivity contribution is 7.91. The van der Waals surface area contributed by atoms with Crippen LogP contribution in [-0.4, -0.2) is 47.6 Å². The molecule has 1 aliphatic heterocycles. The minimum absolute atomic E-state index is 0.00509. The van der Waals surface area contributed by atoms with Crippen molar-refractivity contribution in [2.24, 2.45) is 0 Å². The lowest BCUT2D eigenvalue weighted by Gasteiger charge is -2.33. The average molecular weight is 460 g/mol. The van der Waals surface area contributed by atoms with Crippen molar-refractivity contribution in [1.29, 1.82) is 0 Å². The number of hydrogen-bond donors (Lipinski definition) is 0. The number of hydrogen-bond acceptors (Lipinski definition) is 4. The zero-order valence-corrected chi connectivity index (χ0v) is 19.3. The van der Waals surface area contributed by atoms with Gasteiger partial charge < -0.3 is 9.47 Å². The number of amides is 1. The third kappa shape index (κ3) is 4.77. The Morgan fingerprint density at radius 1 is 1.10 bits per heavy atom. The molecule has 0 N–H and O–H groups in total. The number of imidazole rings is 1. The topological polar surface area (TPSA) is 72.3 Å². The number of sulfone groups is 1. The number of rotatable bonds is 5. The second-order valence-electron chi connectivity index (χ2n) is 8.17. The van der Waals surface area contributed by atoms with Crippen molar-refractivity contribution >= 4 is 38.1 Å². The Morgan fingerprint density at radius 3 is 2.45 bits per heavy atom. The number of halogens is 1. The second-order valence-corrected chi connectivity index (χ2v) is 10.7. The molecule has 0 unspecified atom stereocenters. The van der Waals surface area contributed by atoms with Crippen LogP contribution in [-0.2, 0) is 14.6 Å². The van der Waals surface area contributed by atoms with Gasteiger partial charge in [0.2, 0.25) is 5.91 Å². The molecule has 0 radical (unpaired) electrons. The summed E-state index contributed by atoms with van der Waals surface area (Å²) in [5.74, 6) is 0.698. The van der Waals surface area contributed by atoms with E-state index in [-0.39, 0.29) is 23.0 Å². The summed E-state index contributed by atoms with van der Waals surface area (Å²) in [4.78, 5) is 19.1. The average Bonchev–Trinajstić information content (AvgIpc) is 3.09. The largest absolute Gasteiger partial charge is 0.343 e. The van der Waals surface area contributed by atoms with Gasteiger partial charge in [0.1, 0.15) is 5.82 Å². The van der Waals surface area contributed by atoms with Gasteiger partial charge in [0.15, 0.2) is 9.84 Å². The fourth-order valence-electron chi connectivity index (χ4n) is 4.29. The molecule has 1 saturated heterocycles. The van der Waals surface area contributed by atoms with Crippen LogP contribution in [0.3, 0.4) is 0 Å². The SMILES string of the molecule is Cc1cn(C2CCN(C(=O)CCS(=O)(=O)c3ccc4cc(Cl)ccc4c3)CC2)c(C)n1. The van der Waals surface area contributed by atoms with E-state index in [2.05, 4.69) is 15.7 Å². The highest BCUT2D eigenvalue weighted by Crippen LogP contribution is 2.26. The van der Waals surface area contributed by atoms with Crippen LogP contribution >= 0.6 is 11.6 Å². The van der Waals surface area contributed by atoms with E-state index in [4.69, 9.17) is 11.6 Å². The Balaban J connectivity index is 1.36. The van der Waals surface area contributed by atoms with Crippen LogP contribution in [0.1, 0.15) is 36.8 Å². The summed E-state index contributed by atoms with van der Waals surface area (Å²) in [5, 5.41) is 2.30. The number of fused-ring (bicyclic) bond motifs is 1. The van der Waals surface area contributed by atoms with Gasteiger partial charge >= 0.3 is 0 Å². The number of benzene rings is 2. The van der Waals surface area contributed by atoms with Gasteiger partial charge in [-0.25, -0.2) is 13.4 Å². The van der Waals surface area contributed by atoms with Gasteiger partial charge in [-0.15, -0.1) is 0 Å². The molecule has 31 heavy (non-hydrogen) atoms. The summed E-state index contributed by atoms with van der Waals surface area (Å²) in [6, 6.07) is 10.6. The predicted octanol–water partition coefficient (Wildman–Crippen LogP) is 4.33. The molecule has 1 fully saturated rings. The molecule has 164 valence electrons. The first-order valence-electron chi connectivity index (χ1n) is 10.4. The molecule has 0 atom stereocenters. The van der Waals surface area contributed by atoms with Crippen LogP contribution in [0.15, 0.2) is 47.5 Å². The normalized spacial score (nSPS) is 15.5. The van der Waals surface area contributed by atoms with Gasteiger partial charge in [-0.3, -0.25) is 4.79 Å². The lowest BCUT2D eigenvalue weighted by atomic mass is 10.0. The standard InChI is InChI=1S/C23H26ClN3O3S/c1-16-15-27(17(2)25-16)21-7-10-26(11-8-21)23(28)9-12-31(29,30)22-6-4-18-13-20(24)5-3-19(18)14-22/h3-6,13-15,21H,7-12H2,1-2H3. The predicted molar refractivity (Wildman–Crippen MR) is 122 cm³/mol. The van der Waals surface area contributed by atoms with Crippen LogP contribution in [0.2, 0.25) is 5.02 Å². The van der Waals surface area contributed by atoms with Crippen LogP contribution in [0, 0.1) is 13.8 Å². The molecule has 0 spiro atoms. The van der Waals surface area contributed by atoms with Gasteiger partial charge in [-0.05, 0) is 61.7 Å². The molecule has 4 rings (SSSR count). The van der Waals surface area contributed by atoms with Crippen LogP contribution < -0.4 is 0 Å². The lowest BCUT2D eigenvalue weighted by Crippen LogP contribution is -2.39. The number of likely N-dealkylation sites (tertiary alicyclic amines) is 1. The summed E-state index contributed by atoms with van der Waals surface area (Å²) in [6.45, 7) is 5.25. The van der Waals surface area contributed by atoms with Crippen LogP contribution in [0.4, 0.5) is 0 Å². The molecule has 1 aromatic heterocycles. The molecule has 3 aromatic rings. The third-order valence-electron chi connectivity index (χ3n) is 5.97. The fraction of sp³-hybridized carbons (Fsp3) is 0.391. The summed E-state index contributed by atoms with van der Waals surface area (Å²) < 4.78 is 27.8. The van der Waals surface area contributed by atoms with Crippen molar-refractivity contribution in [3.63, 3.8) is 0 Å². The Hall–Kier alpha value is -2.38. The molecule has 0 aliphatic carbocycles. The first kappa shape index (κ1) is 21.8. The Bertz CT molecular complexity index is 1230. The zero-order valence-electron chi connectivity index (χ0n) is 17.7. The zero-order chi connectivity index (χ0) is 22.2. The van der Waals surface area contributed by atoms with Gasteiger partial charge in [0, 0.05) is 36.8 Å². The first-order valence-corrected chi connectivity index (χ1v) is 12.5. The number of carbonyl (C=O) groups excluding carboxylic acids is 1. The van der Waals surface area contributed by atoms with Gasteiger partial charge in [0.05, 0.1) is 16.3 Å². The maximum atomic E-state index is 12.8. The molecule has 8 heteroatoms. The van der Waals surface area contributed by atoms with E-state index >= 15 is 0 Å². The number of carbonyl (C=O) groups is 1. The highest BCUT2D eigenvalue weighted by atomic mass is 35.5. The molecule has 1 amide bonds. The summed E-state index contributed by atoms with van der Waals surface area (Å²) in [7, 11) is -3.55.